The Kier molecular flexibility index (Phi) is 3.62. The average Bonchev–Trinajstić information content (AvgIpc) is 2.82. The number of imidazole rings is 1. The molecule has 1 saturated heterocycles. The molecule has 23 heavy (non-hydrogen) atoms. The SMILES string of the molecule is CC(C)C(=O)N1CCC1(C)C(=O)Nc1nc2ccccc2n1C. The maximum absolute atomic E-state index is 12.7. The van der Waals surface area contributed by atoms with E-state index in [0.717, 1.165) is 11.0 Å². The molecule has 6 heteroatoms. The Morgan fingerprint density at radius 1 is 1.30 bits per heavy atom. The normalized spacial score (nSPS) is 20.7. The number of aromatic nitrogens is 2. The molecule has 1 fully saturated rings. The van der Waals surface area contributed by atoms with Crippen LogP contribution in [0.2, 0.25) is 0 Å². The van der Waals surface area contributed by atoms with Gasteiger partial charge in [-0.2, -0.15) is 0 Å². The number of para-hydroxylation sites is 2. The fourth-order valence-electron chi connectivity index (χ4n) is 2.95. The summed E-state index contributed by atoms with van der Waals surface area (Å²) in [6.07, 6.45) is 0.668. The minimum Gasteiger partial charge on any atom is -0.328 e. The second-order valence-electron chi connectivity index (χ2n) is 6.61. The van der Waals surface area contributed by atoms with Crippen molar-refractivity contribution in [1.82, 2.24) is 14.5 Å². The summed E-state index contributed by atoms with van der Waals surface area (Å²) in [5.41, 5.74) is 0.996. The van der Waals surface area contributed by atoms with Crippen LogP contribution in [0.25, 0.3) is 11.0 Å². The van der Waals surface area contributed by atoms with Gasteiger partial charge < -0.3 is 9.47 Å². The van der Waals surface area contributed by atoms with Gasteiger partial charge in [-0.1, -0.05) is 26.0 Å². The van der Waals surface area contributed by atoms with Crippen molar-refractivity contribution < 1.29 is 9.59 Å². The van der Waals surface area contributed by atoms with Crippen LogP contribution in [-0.4, -0.2) is 38.3 Å². The maximum atomic E-state index is 12.7. The van der Waals surface area contributed by atoms with E-state index in [1.165, 1.54) is 0 Å². The van der Waals surface area contributed by atoms with Crippen LogP contribution < -0.4 is 5.32 Å². The van der Waals surface area contributed by atoms with Gasteiger partial charge >= 0.3 is 0 Å². The van der Waals surface area contributed by atoms with Crippen molar-refractivity contribution in [3.8, 4) is 0 Å². The molecule has 0 spiro atoms. The number of fused-ring (bicyclic) bond motifs is 1. The molecular weight excluding hydrogens is 292 g/mol. The van der Waals surface area contributed by atoms with Crippen LogP contribution in [0.15, 0.2) is 24.3 Å². The molecule has 1 aliphatic rings. The summed E-state index contributed by atoms with van der Waals surface area (Å²) in [5, 5.41) is 2.88. The lowest BCUT2D eigenvalue weighted by molar-refractivity contribution is -0.157. The topological polar surface area (TPSA) is 67.2 Å². The molecule has 1 aromatic heterocycles. The van der Waals surface area contributed by atoms with Crippen molar-refractivity contribution in [1.29, 1.82) is 0 Å². The van der Waals surface area contributed by atoms with Gasteiger partial charge in [-0.05, 0) is 25.5 Å². The first-order valence-electron chi connectivity index (χ1n) is 7.89. The van der Waals surface area contributed by atoms with Crippen molar-refractivity contribution in [2.75, 3.05) is 11.9 Å². The number of hydrogen-bond donors (Lipinski definition) is 1. The fourth-order valence-corrected chi connectivity index (χ4v) is 2.95. The van der Waals surface area contributed by atoms with Gasteiger partial charge in [0.2, 0.25) is 11.9 Å². The van der Waals surface area contributed by atoms with Crippen LogP contribution in [0, 0.1) is 5.92 Å². The molecule has 0 saturated carbocycles. The Bertz CT molecular complexity index is 780. The molecule has 3 rings (SSSR count). The lowest BCUT2D eigenvalue weighted by Gasteiger charge is -2.49. The molecule has 0 bridgehead atoms. The number of carbonyl (C=O) groups excluding carboxylic acids is 2. The molecule has 1 atom stereocenters. The highest BCUT2D eigenvalue weighted by molar-refractivity contribution is 6.01. The quantitative estimate of drug-likeness (QED) is 0.944. The summed E-state index contributed by atoms with van der Waals surface area (Å²) >= 11 is 0. The number of aryl methyl sites for hydroxylation is 1. The van der Waals surface area contributed by atoms with E-state index < -0.39 is 5.54 Å². The summed E-state index contributed by atoms with van der Waals surface area (Å²) < 4.78 is 1.85. The first-order valence-corrected chi connectivity index (χ1v) is 7.89. The van der Waals surface area contributed by atoms with Crippen LogP contribution in [0.3, 0.4) is 0 Å². The number of hydrogen-bond acceptors (Lipinski definition) is 3. The lowest BCUT2D eigenvalue weighted by atomic mass is 9.84. The fraction of sp³-hybridized carbons (Fsp3) is 0.471. The monoisotopic (exact) mass is 314 g/mol. The van der Waals surface area contributed by atoms with Crippen molar-refractivity contribution in [2.45, 2.75) is 32.7 Å². The number of benzene rings is 1. The maximum Gasteiger partial charge on any atom is 0.252 e. The predicted molar refractivity (Wildman–Crippen MR) is 88.9 cm³/mol. The molecular formula is C17H22N4O2. The lowest BCUT2D eigenvalue weighted by Crippen LogP contribution is -2.66. The number of amides is 2. The number of rotatable bonds is 3. The molecule has 1 aromatic carbocycles. The second kappa shape index (κ2) is 5.37. The number of likely N-dealkylation sites (tertiary alicyclic amines) is 1. The van der Waals surface area contributed by atoms with Crippen molar-refractivity contribution in [2.24, 2.45) is 13.0 Å². The summed E-state index contributed by atoms with van der Waals surface area (Å²) in [6.45, 7) is 6.15. The number of carbonyl (C=O) groups is 2. The zero-order valence-corrected chi connectivity index (χ0v) is 14.0. The third-order valence-corrected chi connectivity index (χ3v) is 4.68. The molecule has 2 heterocycles. The minimum atomic E-state index is -0.792. The van der Waals surface area contributed by atoms with Crippen molar-refractivity contribution >= 4 is 28.8 Å². The van der Waals surface area contributed by atoms with E-state index in [2.05, 4.69) is 10.3 Å². The van der Waals surface area contributed by atoms with Gasteiger partial charge in [0.05, 0.1) is 11.0 Å². The highest BCUT2D eigenvalue weighted by Gasteiger charge is 2.50. The molecule has 6 nitrogen and oxygen atoms in total. The van der Waals surface area contributed by atoms with Gasteiger partial charge in [-0.25, -0.2) is 4.98 Å². The van der Waals surface area contributed by atoms with E-state index in [4.69, 9.17) is 0 Å². The van der Waals surface area contributed by atoms with Crippen LogP contribution >= 0.6 is 0 Å². The third kappa shape index (κ3) is 2.38. The number of anilines is 1. The van der Waals surface area contributed by atoms with Crippen LogP contribution in [-0.2, 0) is 16.6 Å². The molecule has 0 radical (unpaired) electrons. The molecule has 1 aliphatic heterocycles. The number of nitrogens with one attached hydrogen (secondary N) is 1. The highest BCUT2D eigenvalue weighted by atomic mass is 16.2. The van der Waals surface area contributed by atoms with Gasteiger partial charge in [0.25, 0.3) is 5.91 Å². The average molecular weight is 314 g/mol. The molecule has 2 aromatic rings. The molecule has 122 valence electrons. The predicted octanol–water partition coefficient (Wildman–Crippen LogP) is 2.16. The minimum absolute atomic E-state index is 0.0129. The van der Waals surface area contributed by atoms with Crippen LogP contribution in [0.1, 0.15) is 27.2 Å². The van der Waals surface area contributed by atoms with E-state index >= 15 is 0 Å². The van der Waals surface area contributed by atoms with Crippen molar-refractivity contribution in [3.63, 3.8) is 0 Å². The van der Waals surface area contributed by atoms with E-state index in [1.807, 2.05) is 56.7 Å². The second-order valence-corrected chi connectivity index (χ2v) is 6.61. The van der Waals surface area contributed by atoms with E-state index in [0.29, 0.717) is 18.9 Å². The molecule has 1 unspecified atom stereocenters. The van der Waals surface area contributed by atoms with Gasteiger partial charge in [0, 0.05) is 19.5 Å². The zero-order chi connectivity index (χ0) is 16.8. The van der Waals surface area contributed by atoms with Crippen molar-refractivity contribution in [3.05, 3.63) is 24.3 Å². The van der Waals surface area contributed by atoms with Gasteiger partial charge in [-0.3, -0.25) is 14.9 Å². The first-order chi connectivity index (χ1) is 10.8. The van der Waals surface area contributed by atoms with Gasteiger partial charge in [-0.15, -0.1) is 0 Å². The Morgan fingerprint density at radius 2 is 2.00 bits per heavy atom. The van der Waals surface area contributed by atoms with Gasteiger partial charge in [0.1, 0.15) is 5.54 Å². The molecule has 1 N–H and O–H groups in total. The first kappa shape index (κ1) is 15.5. The summed E-state index contributed by atoms with van der Waals surface area (Å²) in [5.74, 6) is 0.217. The standard InChI is InChI=1S/C17H22N4O2/c1-11(2)14(22)21-10-9-17(21,3)15(23)19-16-18-12-7-5-6-8-13(12)20(16)4/h5-8,11H,9-10H2,1-4H3,(H,18,19,23). The third-order valence-electron chi connectivity index (χ3n) is 4.68. The van der Waals surface area contributed by atoms with Crippen LogP contribution in [0.5, 0.6) is 0 Å². The zero-order valence-electron chi connectivity index (χ0n) is 14.0. The highest BCUT2D eigenvalue weighted by Crippen LogP contribution is 2.33. The Hall–Kier alpha value is -2.37. The van der Waals surface area contributed by atoms with Gasteiger partial charge in [0.15, 0.2) is 0 Å². The Balaban J connectivity index is 1.83. The smallest absolute Gasteiger partial charge is 0.252 e. The number of nitrogens with zero attached hydrogens (tertiary/aromatic N) is 3. The molecule has 0 aliphatic carbocycles. The molecule has 2 amide bonds. The summed E-state index contributed by atoms with van der Waals surface area (Å²) in [7, 11) is 1.87. The Labute approximate surface area is 135 Å². The summed E-state index contributed by atoms with van der Waals surface area (Å²) in [4.78, 5) is 31.1. The Morgan fingerprint density at radius 3 is 2.57 bits per heavy atom. The van der Waals surface area contributed by atoms with Crippen LogP contribution in [0.4, 0.5) is 5.95 Å². The van der Waals surface area contributed by atoms with E-state index in [-0.39, 0.29) is 17.7 Å². The largest absolute Gasteiger partial charge is 0.328 e. The van der Waals surface area contributed by atoms with E-state index in [9.17, 15) is 9.59 Å². The summed E-state index contributed by atoms with van der Waals surface area (Å²) in [6, 6.07) is 7.71. The van der Waals surface area contributed by atoms with E-state index in [1.54, 1.807) is 4.90 Å².